The molecule has 1 atom stereocenters. The Hall–Kier alpha value is -3.35. The van der Waals surface area contributed by atoms with Gasteiger partial charge in [-0.05, 0) is 43.3 Å². The van der Waals surface area contributed by atoms with Crippen LogP contribution >= 0.6 is 0 Å². The van der Waals surface area contributed by atoms with Crippen LogP contribution in [-0.2, 0) is 9.59 Å². The van der Waals surface area contributed by atoms with Crippen molar-refractivity contribution in [1.82, 2.24) is 9.55 Å². The van der Waals surface area contributed by atoms with Crippen LogP contribution in [0.5, 0.6) is 5.75 Å². The standard InChI is InChI=1S/C19H18N4O3/c1-2-26-13-9-7-12(8-10-13)20-17(24)11-16-18(25)22-19-21-14-5-3-4-6-15(14)23(16)19/h3-10,16H,2,11H2,1H3,(H,20,24)(H,21,22,25)/t16-/m0/s1. The van der Waals surface area contributed by atoms with Crippen molar-refractivity contribution in [2.24, 2.45) is 0 Å². The van der Waals surface area contributed by atoms with Crippen molar-refractivity contribution in [2.45, 2.75) is 19.4 Å². The van der Waals surface area contributed by atoms with E-state index in [0.717, 1.165) is 16.8 Å². The lowest BCUT2D eigenvalue weighted by Crippen LogP contribution is -2.23. The maximum atomic E-state index is 12.4. The van der Waals surface area contributed by atoms with E-state index in [1.807, 2.05) is 31.2 Å². The molecule has 7 nitrogen and oxygen atoms in total. The summed E-state index contributed by atoms with van der Waals surface area (Å²) in [5, 5.41) is 5.57. The van der Waals surface area contributed by atoms with Crippen LogP contribution in [0.3, 0.4) is 0 Å². The highest BCUT2D eigenvalue weighted by Gasteiger charge is 2.34. The third kappa shape index (κ3) is 2.88. The molecule has 26 heavy (non-hydrogen) atoms. The molecule has 0 radical (unpaired) electrons. The summed E-state index contributed by atoms with van der Waals surface area (Å²) < 4.78 is 7.17. The molecule has 0 saturated carbocycles. The van der Waals surface area contributed by atoms with E-state index in [2.05, 4.69) is 15.6 Å². The average molecular weight is 350 g/mol. The highest BCUT2D eigenvalue weighted by atomic mass is 16.5. The molecule has 132 valence electrons. The molecule has 0 aliphatic carbocycles. The molecule has 2 aromatic carbocycles. The van der Waals surface area contributed by atoms with Crippen LogP contribution in [0.1, 0.15) is 19.4 Å². The summed E-state index contributed by atoms with van der Waals surface area (Å²) in [5.74, 6) is 0.769. The largest absolute Gasteiger partial charge is 0.494 e. The minimum atomic E-state index is -0.611. The number of para-hydroxylation sites is 2. The lowest BCUT2D eigenvalue weighted by molar-refractivity contribution is -0.123. The van der Waals surface area contributed by atoms with Gasteiger partial charge in [0.2, 0.25) is 17.8 Å². The summed E-state index contributed by atoms with van der Waals surface area (Å²) in [7, 11) is 0. The molecule has 1 aliphatic heterocycles. The number of fused-ring (bicyclic) bond motifs is 3. The third-order valence-corrected chi connectivity index (χ3v) is 4.27. The zero-order chi connectivity index (χ0) is 18.1. The molecule has 1 aromatic heterocycles. The molecule has 2 heterocycles. The topological polar surface area (TPSA) is 85.2 Å². The van der Waals surface area contributed by atoms with Crippen molar-refractivity contribution in [3.63, 3.8) is 0 Å². The second-order valence-electron chi connectivity index (χ2n) is 6.01. The van der Waals surface area contributed by atoms with Gasteiger partial charge in [0.05, 0.1) is 24.1 Å². The van der Waals surface area contributed by atoms with Crippen molar-refractivity contribution in [3.05, 3.63) is 48.5 Å². The Morgan fingerprint density at radius 2 is 2.00 bits per heavy atom. The number of imidazole rings is 1. The van der Waals surface area contributed by atoms with Gasteiger partial charge < -0.3 is 10.1 Å². The fraction of sp³-hybridized carbons (Fsp3) is 0.211. The van der Waals surface area contributed by atoms with E-state index in [1.54, 1.807) is 28.8 Å². The van der Waals surface area contributed by atoms with Gasteiger partial charge in [0.1, 0.15) is 11.8 Å². The van der Waals surface area contributed by atoms with Gasteiger partial charge in [0.15, 0.2) is 0 Å². The highest BCUT2D eigenvalue weighted by Crippen LogP contribution is 2.32. The Kier molecular flexibility index (Phi) is 4.04. The average Bonchev–Trinajstić information content (AvgIpc) is 3.13. The van der Waals surface area contributed by atoms with Gasteiger partial charge in [-0.1, -0.05) is 12.1 Å². The number of hydrogen-bond acceptors (Lipinski definition) is 4. The Morgan fingerprint density at radius 1 is 1.23 bits per heavy atom. The van der Waals surface area contributed by atoms with E-state index in [0.29, 0.717) is 18.2 Å². The molecule has 7 heteroatoms. The van der Waals surface area contributed by atoms with Gasteiger partial charge in [-0.2, -0.15) is 0 Å². The second-order valence-corrected chi connectivity index (χ2v) is 6.01. The maximum absolute atomic E-state index is 12.4. The lowest BCUT2D eigenvalue weighted by Gasteiger charge is -2.12. The normalized spacial score (nSPS) is 15.6. The van der Waals surface area contributed by atoms with E-state index < -0.39 is 6.04 Å². The van der Waals surface area contributed by atoms with Crippen LogP contribution in [0.25, 0.3) is 11.0 Å². The van der Waals surface area contributed by atoms with Crippen LogP contribution in [0, 0.1) is 0 Å². The maximum Gasteiger partial charge on any atom is 0.250 e. The van der Waals surface area contributed by atoms with Crippen molar-refractivity contribution in [2.75, 3.05) is 17.2 Å². The molecule has 0 bridgehead atoms. The van der Waals surface area contributed by atoms with E-state index in [4.69, 9.17) is 4.74 Å². The summed E-state index contributed by atoms with van der Waals surface area (Å²) in [6.45, 7) is 2.50. The smallest absolute Gasteiger partial charge is 0.250 e. The summed E-state index contributed by atoms with van der Waals surface area (Å²) in [6, 6.07) is 14.1. The van der Waals surface area contributed by atoms with E-state index in [9.17, 15) is 9.59 Å². The number of anilines is 2. The number of carbonyl (C=O) groups excluding carboxylic acids is 2. The Balaban J connectivity index is 1.50. The van der Waals surface area contributed by atoms with E-state index >= 15 is 0 Å². The number of amides is 2. The van der Waals surface area contributed by atoms with Crippen molar-refractivity contribution in [1.29, 1.82) is 0 Å². The zero-order valence-electron chi connectivity index (χ0n) is 14.2. The lowest BCUT2D eigenvalue weighted by atomic mass is 10.1. The van der Waals surface area contributed by atoms with Crippen molar-refractivity contribution in [3.8, 4) is 5.75 Å². The van der Waals surface area contributed by atoms with Gasteiger partial charge in [-0.15, -0.1) is 0 Å². The molecule has 1 aliphatic rings. The highest BCUT2D eigenvalue weighted by molar-refractivity contribution is 6.03. The first-order chi connectivity index (χ1) is 12.7. The number of nitrogens with one attached hydrogen (secondary N) is 2. The predicted octanol–water partition coefficient (Wildman–Crippen LogP) is 2.96. The minimum absolute atomic E-state index is 0.0341. The number of hydrogen-bond donors (Lipinski definition) is 2. The number of ether oxygens (including phenoxy) is 1. The fourth-order valence-electron chi connectivity index (χ4n) is 3.13. The SMILES string of the molecule is CCOc1ccc(NC(=O)C[C@H]2C(=O)Nc3nc4ccccc4n32)cc1. The summed E-state index contributed by atoms with van der Waals surface area (Å²) in [5.41, 5.74) is 2.28. The Bertz CT molecular complexity index is 978. The van der Waals surface area contributed by atoms with Gasteiger partial charge in [-0.3, -0.25) is 19.5 Å². The van der Waals surface area contributed by atoms with E-state index in [1.165, 1.54) is 0 Å². The number of carbonyl (C=O) groups is 2. The third-order valence-electron chi connectivity index (χ3n) is 4.27. The molecular weight excluding hydrogens is 332 g/mol. The molecular formula is C19H18N4O3. The molecule has 2 N–H and O–H groups in total. The molecule has 0 unspecified atom stereocenters. The number of benzene rings is 2. The zero-order valence-corrected chi connectivity index (χ0v) is 14.2. The Morgan fingerprint density at radius 3 is 2.77 bits per heavy atom. The molecule has 3 aromatic rings. The number of rotatable bonds is 5. The molecule has 0 spiro atoms. The molecule has 2 amide bonds. The minimum Gasteiger partial charge on any atom is -0.494 e. The Labute approximate surface area is 150 Å². The van der Waals surface area contributed by atoms with Crippen LogP contribution in [0.2, 0.25) is 0 Å². The number of aromatic nitrogens is 2. The summed E-state index contributed by atoms with van der Waals surface area (Å²) in [4.78, 5) is 29.1. The van der Waals surface area contributed by atoms with E-state index in [-0.39, 0.29) is 18.2 Å². The van der Waals surface area contributed by atoms with Crippen molar-refractivity contribution < 1.29 is 14.3 Å². The van der Waals surface area contributed by atoms with Gasteiger partial charge in [0, 0.05) is 5.69 Å². The molecule has 4 rings (SSSR count). The predicted molar refractivity (Wildman–Crippen MR) is 98.3 cm³/mol. The van der Waals surface area contributed by atoms with Crippen LogP contribution in [0.15, 0.2) is 48.5 Å². The van der Waals surface area contributed by atoms with Gasteiger partial charge in [0.25, 0.3) is 0 Å². The first-order valence-corrected chi connectivity index (χ1v) is 8.46. The molecule has 0 fully saturated rings. The van der Waals surface area contributed by atoms with Gasteiger partial charge in [-0.25, -0.2) is 4.98 Å². The summed E-state index contributed by atoms with van der Waals surface area (Å²) in [6.07, 6.45) is 0.0341. The summed E-state index contributed by atoms with van der Waals surface area (Å²) >= 11 is 0. The monoisotopic (exact) mass is 350 g/mol. The van der Waals surface area contributed by atoms with Crippen LogP contribution in [-0.4, -0.2) is 28.0 Å². The quantitative estimate of drug-likeness (QED) is 0.741. The first kappa shape index (κ1) is 16.1. The second kappa shape index (κ2) is 6.51. The fourth-order valence-corrected chi connectivity index (χ4v) is 3.13. The van der Waals surface area contributed by atoms with Crippen molar-refractivity contribution >= 4 is 34.5 Å². The molecule has 0 saturated heterocycles. The number of nitrogens with zero attached hydrogens (tertiary/aromatic N) is 2. The van der Waals surface area contributed by atoms with Gasteiger partial charge >= 0.3 is 0 Å². The van der Waals surface area contributed by atoms with Crippen LogP contribution < -0.4 is 15.4 Å². The van der Waals surface area contributed by atoms with Crippen LogP contribution in [0.4, 0.5) is 11.6 Å². The first-order valence-electron chi connectivity index (χ1n) is 8.46.